The number of halogens is 3. The molecular formula is C25H25F3N6O. The Morgan fingerprint density at radius 1 is 1.11 bits per heavy atom. The van der Waals surface area contributed by atoms with E-state index in [1.54, 1.807) is 42.1 Å². The Morgan fingerprint density at radius 3 is 2.77 bits per heavy atom. The summed E-state index contributed by atoms with van der Waals surface area (Å²) < 4.78 is 43.0. The molecular weight excluding hydrogens is 457 g/mol. The van der Waals surface area contributed by atoms with Gasteiger partial charge in [0.25, 0.3) is 5.91 Å². The molecule has 1 saturated carbocycles. The number of pyridine rings is 2. The molecule has 6 rings (SSSR count). The fraction of sp³-hybridized carbons (Fsp3) is 0.440. The van der Waals surface area contributed by atoms with E-state index in [0.717, 1.165) is 30.0 Å². The molecule has 4 aromatic rings. The van der Waals surface area contributed by atoms with Gasteiger partial charge in [-0.1, -0.05) is 12.8 Å². The Bertz CT molecular complexity index is 1440. The number of amides is 1. The van der Waals surface area contributed by atoms with E-state index < -0.39 is 12.7 Å². The van der Waals surface area contributed by atoms with Gasteiger partial charge in [0.05, 0.1) is 11.3 Å². The predicted molar refractivity (Wildman–Crippen MR) is 125 cm³/mol. The number of likely N-dealkylation sites (tertiary alicyclic amines) is 1. The Kier molecular flexibility index (Phi) is 5.08. The minimum absolute atomic E-state index is 0.0626. The van der Waals surface area contributed by atoms with E-state index in [2.05, 4.69) is 15.0 Å². The Hall–Kier alpha value is -3.43. The second-order valence-corrected chi connectivity index (χ2v) is 9.70. The number of nitrogens with zero attached hydrogens (tertiary/aromatic N) is 6. The monoisotopic (exact) mass is 482 g/mol. The standard InChI is InChI=1S/C25H25F3N6O/c1-32-22-19(10-18(12-30-22)24(35)33-9-7-15-4-2-5-17(15)13-33)31-23(32)20-11-16-6-3-8-29-21(16)34(20)14-25(26,27)28/h3,6,8,10-12,15,17H,2,4-5,7,9,13-14H2,1H3/t15-,17+/m0/s1. The van der Waals surface area contributed by atoms with E-state index in [1.165, 1.54) is 25.5 Å². The summed E-state index contributed by atoms with van der Waals surface area (Å²) in [5.41, 5.74) is 1.97. The number of imidazole rings is 1. The molecule has 2 aliphatic rings. The molecule has 1 saturated heterocycles. The van der Waals surface area contributed by atoms with Crippen LogP contribution in [-0.4, -0.2) is 54.2 Å². The third kappa shape index (κ3) is 3.84. The summed E-state index contributed by atoms with van der Waals surface area (Å²) in [6.07, 6.45) is 3.31. The van der Waals surface area contributed by atoms with Crippen molar-refractivity contribution < 1.29 is 18.0 Å². The summed E-state index contributed by atoms with van der Waals surface area (Å²) in [6.45, 7) is 0.343. The quantitative estimate of drug-likeness (QED) is 0.420. The van der Waals surface area contributed by atoms with E-state index in [-0.39, 0.29) is 11.6 Å². The summed E-state index contributed by atoms with van der Waals surface area (Å²) in [7, 11) is 1.72. The zero-order chi connectivity index (χ0) is 24.3. The first-order valence-corrected chi connectivity index (χ1v) is 11.9. The van der Waals surface area contributed by atoms with Crippen LogP contribution in [0.3, 0.4) is 0 Å². The van der Waals surface area contributed by atoms with Crippen molar-refractivity contribution in [3.8, 4) is 11.5 Å². The molecule has 10 heteroatoms. The lowest BCUT2D eigenvalue weighted by atomic mass is 9.88. The summed E-state index contributed by atoms with van der Waals surface area (Å²) in [5.74, 6) is 1.59. The number of aryl methyl sites for hydroxylation is 1. The summed E-state index contributed by atoms with van der Waals surface area (Å²) in [6, 6.07) is 6.77. The highest BCUT2D eigenvalue weighted by Gasteiger charge is 2.35. The number of alkyl halides is 3. The zero-order valence-corrected chi connectivity index (χ0v) is 19.3. The zero-order valence-electron chi connectivity index (χ0n) is 19.3. The smallest absolute Gasteiger partial charge is 0.338 e. The van der Waals surface area contributed by atoms with E-state index in [0.29, 0.717) is 39.5 Å². The Labute approximate surface area is 199 Å². The molecule has 35 heavy (non-hydrogen) atoms. The molecule has 0 N–H and O–H groups in total. The second kappa shape index (κ2) is 8.07. The van der Waals surface area contributed by atoms with Gasteiger partial charge in [0.1, 0.15) is 17.7 Å². The van der Waals surface area contributed by atoms with E-state index in [4.69, 9.17) is 0 Å². The molecule has 0 spiro atoms. The highest BCUT2D eigenvalue weighted by Crippen LogP contribution is 2.38. The van der Waals surface area contributed by atoms with Crippen molar-refractivity contribution in [1.82, 2.24) is 29.0 Å². The van der Waals surface area contributed by atoms with Crippen LogP contribution in [0, 0.1) is 11.8 Å². The van der Waals surface area contributed by atoms with Gasteiger partial charge < -0.3 is 14.0 Å². The highest BCUT2D eigenvalue weighted by molar-refractivity contribution is 5.97. The van der Waals surface area contributed by atoms with Gasteiger partial charge in [-0.15, -0.1) is 0 Å². The first-order valence-electron chi connectivity index (χ1n) is 11.9. The van der Waals surface area contributed by atoms with E-state index in [1.807, 2.05) is 4.90 Å². The minimum atomic E-state index is -4.42. The predicted octanol–water partition coefficient (Wildman–Crippen LogP) is 4.81. The van der Waals surface area contributed by atoms with Crippen LogP contribution in [0.5, 0.6) is 0 Å². The average molecular weight is 483 g/mol. The van der Waals surface area contributed by atoms with Crippen LogP contribution in [0.4, 0.5) is 13.2 Å². The van der Waals surface area contributed by atoms with Crippen molar-refractivity contribution in [1.29, 1.82) is 0 Å². The van der Waals surface area contributed by atoms with Gasteiger partial charge >= 0.3 is 6.18 Å². The molecule has 4 aromatic heterocycles. The van der Waals surface area contributed by atoms with Crippen molar-refractivity contribution in [2.75, 3.05) is 13.1 Å². The van der Waals surface area contributed by atoms with Gasteiger partial charge in [-0.05, 0) is 48.9 Å². The number of carbonyl (C=O) groups is 1. The fourth-order valence-electron chi connectivity index (χ4n) is 5.83. The number of hydrogen-bond acceptors (Lipinski definition) is 4. The summed E-state index contributed by atoms with van der Waals surface area (Å²) in [4.78, 5) is 28.4. The van der Waals surface area contributed by atoms with Crippen LogP contribution in [0.25, 0.3) is 33.7 Å². The largest absolute Gasteiger partial charge is 0.406 e. The molecule has 0 radical (unpaired) electrons. The molecule has 1 amide bonds. The Morgan fingerprint density at radius 2 is 1.94 bits per heavy atom. The molecule has 5 heterocycles. The number of carbonyl (C=O) groups excluding carboxylic acids is 1. The molecule has 0 unspecified atom stereocenters. The molecule has 2 fully saturated rings. The molecule has 1 aliphatic carbocycles. The third-order valence-corrected chi connectivity index (χ3v) is 7.51. The van der Waals surface area contributed by atoms with Crippen molar-refractivity contribution in [2.45, 2.75) is 38.4 Å². The molecule has 182 valence electrons. The summed E-state index contributed by atoms with van der Waals surface area (Å²) in [5, 5.41) is 0.595. The number of fused-ring (bicyclic) bond motifs is 3. The van der Waals surface area contributed by atoms with E-state index in [9.17, 15) is 18.0 Å². The first-order chi connectivity index (χ1) is 16.8. The molecule has 2 atom stereocenters. The van der Waals surface area contributed by atoms with Crippen molar-refractivity contribution >= 4 is 28.1 Å². The van der Waals surface area contributed by atoms with Gasteiger partial charge in [-0.25, -0.2) is 15.0 Å². The lowest BCUT2D eigenvalue weighted by molar-refractivity contribution is -0.139. The van der Waals surface area contributed by atoms with Crippen molar-refractivity contribution in [3.63, 3.8) is 0 Å². The van der Waals surface area contributed by atoms with Gasteiger partial charge in [0, 0.05) is 37.9 Å². The number of rotatable bonds is 3. The van der Waals surface area contributed by atoms with Gasteiger partial charge in [-0.2, -0.15) is 13.2 Å². The molecule has 7 nitrogen and oxygen atoms in total. The lowest BCUT2D eigenvalue weighted by Crippen LogP contribution is -2.42. The lowest BCUT2D eigenvalue weighted by Gasteiger charge is -2.35. The van der Waals surface area contributed by atoms with Gasteiger partial charge in [0.2, 0.25) is 0 Å². The molecule has 0 aromatic carbocycles. The third-order valence-electron chi connectivity index (χ3n) is 7.51. The van der Waals surface area contributed by atoms with Gasteiger partial charge in [-0.3, -0.25) is 4.79 Å². The average Bonchev–Trinajstić information content (AvgIpc) is 3.53. The number of piperidine rings is 1. The van der Waals surface area contributed by atoms with Gasteiger partial charge in [0.15, 0.2) is 11.5 Å². The molecule has 0 bridgehead atoms. The maximum Gasteiger partial charge on any atom is 0.406 e. The minimum Gasteiger partial charge on any atom is -0.338 e. The SMILES string of the molecule is Cn1c(-c2cc3cccnc3n2CC(F)(F)F)nc2cc(C(=O)N3CC[C@@H]4CCC[C@@H]4C3)cnc21. The fourth-order valence-corrected chi connectivity index (χ4v) is 5.83. The maximum absolute atomic E-state index is 13.4. The second-order valence-electron chi connectivity index (χ2n) is 9.70. The van der Waals surface area contributed by atoms with Crippen LogP contribution in [-0.2, 0) is 13.6 Å². The Balaban J connectivity index is 1.38. The number of aromatic nitrogens is 5. The van der Waals surface area contributed by atoms with Crippen LogP contribution >= 0.6 is 0 Å². The maximum atomic E-state index is 13.4. The topological polar surface area (TPSA) is 68.8 Å². The molecule has 1 aliphatic heterocycles. The summed E-state index contributed by atoms with van der Waals surface area (Å²) >= 11 is 0. The first kappa shape index (κ1) is 22.1. The van der Waals surface area contributed by atoms with Crippen LogP contribution in [0.1, 0.15) is 36.0 Å². The van der Waals surface area contributed by atoms with Crippen LogP contribution < -0.4 is 0 Å². The van der Waals surface area contributed by atoms with E-state index >= 15 is 0 Å². The highest BCUT2D eigenvalue weighted by atomic mass is 19.4. The van der Waals surface area contributed by atoms with Crippen molar-refractivity contribution in [3.05, 3.63) is 42.2 Å². The van der Waals surface area contributed by atoms with Crippen LogP contribution in [0.15, 0.2) is 36.7 Å². The normalized spacial score (nSPS) is 20.6. The van der Waals surface area contributed by atoms with Crippen molar-refractivity contribution in [2.24, 2.45) is 18.9 Å². The van der Waals surface area contributed by atoms with Crippen LogP contribution in [0.2, 0.25) is 0 Å². The number of hydrogen-bond donors (Lipinski definition) is 0.